The van der Waals surface area contributed by atoms with Gasteiger partial charge in [0.2, 0.25) is 5.75 Å². The minimum atomic E-state index is -1.82. The maximum atomic E-state index is 11.8. The summed E-state index contributed by atoms with van der Waals surface area (Å²) in [5.41, 5.74) is -3.36. The summed E-state index contributed by atoms with van der Waals surface area (Å²) < 4.78 is 11.0. The van der Waals surface area contributed by atoms with Crippen molar-refractivity contribution < 1.29 is 24.8 Å². The van der Waals surface area contributed by atoms with Crippen molar-refractivity contribution in [1.29, 1.82) is 0 Å². The molecule has 0 aromatic carbocycles. The van der Waals surface area contributed by atoms with Crippen LogP contribution in [0.25, 0.3) is 0 Å². The topological polar surface area (TPSA) is 134 Å². The van der Waals surface area contributed by atoms with Crippen LogP contribution in [-0.4, -0.2) is 56.4 Å². The van der Waals surface area contributed by atoms with Crippen molar-refractivity contribution in [3.05, 3.63) is 27.0 Å². The summed E-state index contributed by atoms with van der Waals surface area (Å²) in [4.78, 5) is 25.2. The molecule has 9 nitrogen and oxygen atoms in total. The third-order valence-electron chi connectivity index (χ3n) is 3.34. The molecule has 0 saturated carbocycles. The van der Waals surface area contributed by atoms with E-state index in [2.05, 4.69) is 0 Å². The summed E-state index contributed by atoms with van der Waals surface area (Å²) in [6.07, 6.45) is -2.62. The predicted molar refractivity (Wildman–Crippen MR) is 65.5 cm³/mol. The summed E-state index contributed by atoms with van der Waals surface area (Å²) in [5, 5.41) is 29.2. The number of H-pyrrole nitrogens is 1. The molecule has 4 N–H and O–H groups in total. The van der Waals surface area contributed by atoms with Crippen molar-refractivity contribution in [3.63, 3.8) is 0 Å². The van der Waals surface area contributed by atoms with Gasteiger partial charge in [-0.25, -0.2) is 4.79 Å². The van der Waals surface area contributed by atoms with Crippen LogP contribution in [0.5, 0.6) is 5.75 Å². The smallest absolute Gasteiger partial charge is 0.330 e. The Bertz CT molecular complexity index is 606. The van der Waals surface area contributed by atoms with E-state index in [0.717, 1.165) is 10.8 Å². The third-order valence-corrected chi connectivity index (χ3v) is 3.34. The second kappa shape index (κ2) is 5.02. The molecule has 1 fully saturated rings. The molecule has 112 valence electrons. The van der Waals surface area contributed by atoms with Crippen LogP contribution in [0.1, 0.15) is 13.2 Å². The highest BCUT2D eigenvalue weighted by molar-refractivity contribution is 5.13. The van der Waals surface area contributed by atoms with E-state index in [-0.39, 0.29) is 5.75 Å². The molecule has 1 aromatic rings. The van der Waals surface area contributed by atoms with E-state index in [4.69, 9.17) is 14.6 Å². The SMILES string of the molecule is COc1cn([C@@H]2O[C@H](CO)[C@@H](O)[C@@]2(C)O)c(=O)[nH]c1=O. The van der Waals surface area contributed by atoms with Gasteiger partial charge in [-0.3, -0.25) is 14.3 Å². The lowest BCUT2D eigenvalue weighted by molar-refractivity contribution is -0.0989. The first kappa shape index (κ1) is 14.7. The van der Waals surface area contributed by atoms with E-state index in [0.29, 0.717) is 0 Å². The van der Waals surface area contributed by atoms with Crippen LogP contribution in [0.2, 0.25) is 0 Å². The van der Waals surface area contributed by atoms with E-state index in [1.54, 1.807) is 0 Å². The van der Waals surface area contributed by atoms with Gasteiger partial charge in [-0.15, -0.1) is 0 Å². The number of rotatable bonds is 3. The average molecular weight is 288 g/mol. The normalized spacial score (nSPS) is 33.4. The largest absolute Gasteiger partial charge is 0.490 e. The molecule has 4 atom stereocenters. The molecule has 9 heteroatoms. The Balaban J connectivity index is 2.52. The highest BCUT2D eigenvalue weighted by atomic mass is 16.6. The summed E-state index contributed by atoms with van der Waals surface area (Å²) in [5.74, 6) is -0.147. The molecule has 0 spiro atoms. The molecule has 1 saturated heterocycles. The number of hydrogen-bond donors (Lipinski definition) is 4. The van der Waals surface area contributed by atoms with Crippen LogP contribution in [0.4, 0.5) is 0 Å². The lowest BCUT2D eigenvalue weighted by atomic mass is 9.96. The van der Waals surface area contributed by atoms with Crippen molar-refractivity contribution in [2.75, 3.05) is 13.7 Å². The van der Waals surface area contributed by atoms with E-state index in [9.17, 15) is 19.8 Å². The Morgan fingerprint density at radius 3 is 2.70 bits per heavy atom. The van der Waals surface area contributed by atoms with Crippen molar-refractivity contribution in [3.8, 4) is 5.75 Å². The number of ether oxygens (including phenoxy) is 2. The Morgan fingerprint density at radius 1 is 1.55 bits per heavy atom. The highest BCUT2D eigenvalue weighted by Crippen LogP contribution is 2.37. The number of aromatic amines is 1. The molecule has 0 unspecified atom stereocenters. The molecule has 1 aromatic heterocycles. The number of nitrogens with zero attached hydrogens (tertiary/aromatic N) is 1. The first-order valence-corrected chi connectivity index (χ1v) is 5.89. The number of aliphatic hydroxyl groups is 3. The van der Waals surface area contributed by atoms with Gasteiger partial charge in [0.05, 0.1) is 19.9 Å². The predicted octanol–water partition coefficient (Wildman–Crippen LogP) is -2.45. The van der Waals surface area contributed by atoms with Crippen LogP contribution in [0.15, 0.2) is 15.8 Å². The standard InChI is InChI=1S/C11H16N2O7/c1-11(18)7(15)6(4-14)20-9(11)13-3-5(19-2)8(16)12-10(13)17/h3,6-7,9,14-15,18H,4H2,1-2H3,(H,12,16,17)/t6-,7-,9-,11-/m1/s1. The molecule has 20 heavy (non-hydrogen) atoms. The molecule has 2 rings (SSSR count). The molecule has 0 aliphatic carbocycles. The minimum Gasteiger partial charge on any atom is -0.490 e. The number of aliphatic hydroxyl groups excluding tert-OH is 2. The number of hydrogen-bond acceptors (Lipinski definition) is 7. The Hall–Kier alpha value is -1.68. The third kappa shape index (κ3) is 2.14. The molecule has 0 amide bonds. The van der Waals surface area contributed by atoms with Crippen molar-refractivity contribution >= 4 is 0 Å². The van der Waals surface area contributed by atoms with Crippen LogP contribution in [0, 0.1) is 0 Å². The second-order valence-electron chi connectivity index (χ2n) is 4.74. The van der Waals surface area contributed by atoms with Gasteiger partial charge in [0.25, 0.3) is 5.56 Å². The molecular formula is C11H16N2O7. The summed E-state index contributed by atoms with van der Waals surface area (Å²) in [7, 11) is 1.25. The summed E-state index contributed by atoms with van der Waals surface area (Å²) in [6.45, 7) is 0.741. The van der Waals surface area contributed by atoms with Gasteiger partial charge >= 0.3 is 5.69 Å². The van der Waals surface area contributed by atoms with Crippen molar-refractivity contribution in [2.45, 2.75) is 31.0 Å². The minimum absolute atomic E-state index is 0.147. The zero-order valence-electron chi connectivity index (χ0n) is 10.9. The molecular weight excluding hydrogens is 272 g/mol. The van der Waals surface area contributed by atoms with Gasteiger partial charge in [0.15, 0.2) is 6.23 Å². The van der Waals surface area contributed by atoms with Gasteiger partial charge in [-0.1, -0.05) is 0 Å². The molecule has 0 bridgehead atoms. The zero-order chi connectivity index (χ0) is 15.1. The van der Waals surface area contributed by atoms with Crippen LogP contribution in [-0.2, 0) is 4.74 Å². The molecule has 1 aliphatic rings. The number of nitrogens with one attached hydrogen (secondary N) is 1. The van der Waals surface area contributed by atoms with Crippen LogP contribution < -0.4 is 16.0 Å². The fourth-order valence-electron chi connectivity index (χ4n) is 2.18. The second-order valence-corrected chi connectivity index (χ2v) is 4.74. The van der Waals surface area contributed by atoms with E-state index in [1.807, 2.05) is 4.98 Å². The number of aromatic nitrogens is 2. The van der Waals surface area contributed by atoms with Gasteiger partial charge in [0, 0.05) is 0 Å². The monoisotopic (exact) mass is 288 g/mol. The fraction of sp³-hybridized carbons (Fsp3) is 0.636. The maximum absolute atomic E-state index is 11.8. The van der Waals surface area contributed by atoms with Crippen molar-refractivity contribution in [1.82, 2.24) is 9.55 Å². The van der Waals surface area contributed by atoms with Gasteiger partial charge < -0.3 is 24.8 Å². The Labute approximate surface area is 113 Å². The zero-order valence-corrected chi connectivity index (χ0v) is 10.9. The van der Waals surface area contributed by atoms with E-state index in [1.165, 1.54) is 14.0 Å². The highest BCUT2D eigenvalue weighted by Gasteiger charge is 2.53. The first-order chi connectivity index (χ1) is 9.32. The Kier molecular flexibility index (Phi) is 3.69. The lowest BCUT2D eigenvalue weighted by Crippen LogP contribution is -2.46. The van der Waals surface area contributed by atoms with Gasteiger partial charge in [-0.05, 0) is 6.92 Å². The quantitative estimate of drug-likeness (QED) is 0.485. The maximum Gasteiger partial charge on any atom is 0.330 e. The van der Waals surface area contributed by atoms with E-state index < -0.39 is 41.9 Å². The van der Waals surface area contributed by atoms with Crippen LogP contribution >= 0.6 is 0 Å². The average Bonchev–Trinajstić information content (AvgIpc) is 2.62. The van der Waals surface area contributed by atoms with Gasteiger partial charge in [-0.2, -0.15) is 0 Å². The molecule has 2 heterocycles. The lowest BCUT2D eigenvalue weighted by Gasteiger charge is -2.27. The van der Waals surface area contributed by atoms with Crippen LogP contribution in [0.3, 0.4) is 0 Å². The fourth-order valence-corrected chi connectivity index (χ4v) is 2.18. The van der Waals surface area contributed by atoms with E-state index >= 15 is 0 Å². The molecule has 1 aliphatic heterocycles. The Morgan fingerprint density at radius 2 is 2.20 bits per heavy atom. The number of methoxy groups -OCH3 is 1. The van der Waals surface area contributed by atoms with Crippen molar-refractivity contribution in [2.24, 2.45) is 0 Å². The summed E-state index contributed by atoms with van der Waals surface area (Å²) in [6, 6.07) is 0. The molecule has 0 radical (unpaired) electrons. The summed E-state index contributed by atoms with van der Waals surface area (Å²) >= 11 is 0. The first-order valence-electron chi connectivity index (χ1n) is 5.89. The van der Waals surface area contributed by atoms with Gasteiger partial charge in [0.1, 0.15) is 17.8 Å².